The first-order chi connectivity index (χ1) is 11.1. The summed E-state index contributed by atoms with van der Waals surface area (Å²) < 4.78 is 0. The van der Waals surface area contributed by atoms with Crippen LogP contribution in [-0.4, -0.2) is 46.7 Å². The second kappa shape index (κ2) is 15.8. The zero-order valence-corrected chi connectivity index (χ0v) is 17.9. The van der Waals surface area contributed by atoms with E-state index in [9.17, 15) is 15.3 Å². The Bertz CT molecular complexity index is 262. The van der Waals surface area contributed by atoms with E-state index in [1.54, 1.807) is 0 Å². The van der Waals surface area contributed by atoms with E-state index in [0.717, 1.165) is 31.6 Å². The molecule has 0 aromatic heterocycles. The van der Waals surface area contributed by atoms with Gasteiger partial charge in [-0.05, 0) is 0 Å². The van der Waals surface area contributed by atoms with E-state index in [1.165, 1.54) is 57.8 Å². The van der Waals surface area contributed by atoms with Gasteiger partial charge in [0.2, 0.25) is 0 Å². The van der Waals surface area contributed by atoms with E-state index >= 15 is 0 Å². The van der Waals surface area contributed by atoms with Crippen molar-refractivity contribution in [2.24, 2.45) is 0 Å². The molecule has 0 fully saturated rings. The summed E-state index contributed by atoms with van der Waals surface area (Å²) in [6, 6.07) is 0. The van der Waals surface area contributed by atoms with Crippen LogP contribution in [-0.2, 0) is 0 Å². The van der Waals surface area contributed by atoms with Gasteiger partial charge in [0.25, 0.3) is 0 Å². The normalized spacial score (nSPS) is 13.3. The maximum atomic E-state index is 10.0. The monoisotopic (exact) mass is 386 g/mol. The maximum Gasteiger partial charge on any atom is -0.147 e. The summed E-state index contributed by atoms with van der Waals surface area (Å²) in [4.78, 5) is 0. The fourth-order valence-electron chi connectivity index (χ4n) is 3.35. The van der Waals surface area contributed by atoms with Crippen LogP contribution in [0.3, 0.4) is 0 Å². The summed E-state index contributed by atoms with van der Waals surface area (Å²) in [6.45, 7) is 1.71. The molecule has 0 saturated heterocycles. The molecule has 0 aromatic carbocycles. The van der Waals surface area contributed by atoms with Crippen LogP contribution in [0.5, 0.6) is 0 Å². The molecular weight excluding hydrogens is 343 g/mol. The molecule has 3 N–H and O–H groups in total. The molecule has 0 atom stereocenters. The fourth-order valence-corrected chi connectivity index (χ4v) is 6.93. The van der Waals surface area contributed by atoms with E-state index in [1.807, 2.05) is 0 Å². The smallest absolute Gasteiger partial charge is 0.147 e. The molecule has 0 radical (unpaired) electrons. The van der Waals surface area contributed by atoms with Crippen molar-refractivity contribution in [2.75, 3.05) is 31.4 Å². The predicted molar refractivity (Wildman–Crippen MR) is 112 cm³/mol. The average Bonchev–Trinajstić information content (AvgIpc) is 2.60. The van der Waals surface area contributed by atoms with Gasteiger partial charge in [-0.1, -0.05) is 0 Å². The number of aliphatic hydroxyl groups excluding tert-OH is 3. The molecule has 0 saturated carbocycles. The first kappa shape index (κ1) is 26.8. The molecular formula is C19H44ClO3P. The van der Waals surface area contributed by atoms with Crippen LogP contribution in [0.25, 0.3) is 0 Å². The fraction of sp³-hybridized carbons (Fsp3) is 1.00. The quantitative estimate of drug-likeness (QED) is 0.227. The van der Waals surface area contributed by atoms with Crippen LogP contribution in [0.1, 0.15) is 90.9 Å². The molecule has 24 heavy (non-hydrogen) atoms. The molecule has 0 aliphatic carbocycles. The van der Waals surface area contributed by atoms with Crippen molar-refractivity contribution in [1.29, 1.82) is 0 Å². The molecule has 0 amide bonds. The second-order valence-electron chi connectivity index (χ2n) is 7.64. The zero-order valence-electron chi connectivity index (χ0n) is 16.2. The summed E-state index contributed by atoms with van der Waals surface area (Å²) in [5.41, 5.74) is 0. The third-order valence-electron chi connectivity index (χ3n) is 5.49. The van der Waals surface area contributed by atoms with Crippen LogP contribution in [0.15, 0.2) is 0 Å². The molecule has 0 bridgehead atoms. The van der Waals surface area contributed by atoms with Gasteiger partial charge < -0.3 is 0 Å². The Hall–Kier alpha value is 0.600. The Morgan fingerprint density at radius 3 is 1.12 bits per heavy atom. The van der Waals surface area contributed by atoms with E-state index in [0.29, 0.717) is 0 Å². The van der Waals surface area contributed by atoms with E-state index in [-0.39, 0.29) is 31.5 Å². The summed E-state index contributed by atoms with van der Waals surface area (Å²) in [7, 11) is 0. The Morgan fingerprint density at radius 2 is 0.792 bits per heavy atom. The summed E-state index contributed by atoms with van der Waals surface area (Å²) >= 11 is 0. The van der Waals surface area contributed by atoms with Gasteiger partial charge in [-0.15, -0.1) is 12.4 Å². The van der Waals surface area contributed by atoms with Crippen LogP contribution in [0, 0.1) is 0 Å². The van der Waals surface area contributed by atoms with Gasteiger partial charge in [-0.3, -0.25) is 0 Å². The van der Waals surface area contributed by atoms with Gasteiger partial charge in [0.05, 0.1) is 0 Å². The topological polar surface area (TPSA) is 60.7 Å². The number of hydrogen-bond acceptors (Lipinski definition) is 3. The molecule has 5 heteroatoms. The zero-order chi connectivity index (χ0) is 17.5. The average molecular weight is 387 g/mol. The van der Waals surface area contributed by atoms with E-state index < -0.39 is 6.60 Å². The number of rotatable bonds is 17. The number of aliphatic hydroxyl groups is 3. The maximum absolute atomic E-state index is 10.0. The van der Waals surface area contributed by atoms with Crippen molar-refractivity contribution in [2.45, 2.75) is 90.9 Å². The van der Waals surface area contributed by atoms with Crippen LogP contribution < -0.4 is 0 Å². The largest absolute Gasteiger partial charge is 0.147 e. The minimum atomic E-state index is -2.71. The molecule has 0 spiro atoms. The minimum Gasteiger partial charge on any atom is -0.147 e. The summed E-state index contributed by atoms with van der Waals surface area (Å²) in [6.07, 6.45) is 16.4. The van der Waals surface area contributed by atoms with Crippen molar-refractivity contribution < 1.29 is 15.3 Å². The second-order valence-corrected chi connectivity index (χ2v) is 13.9. The van der Waals surface area contributed by atoms with E-state index in [4.69, 9.17) is 0 Å². The van der Waals surface area contributed by atoms with Gasteiger partial charge in [-0.2, -0.15) is 0 Å². The molecule has 0 unspecified atom stereocenters. The molecule has 0 aromatic rings. The molecule has 0 aliphatic rings. The summed E-state index contributed by atoms with van der Waals surface area (Å²) in [5.74, 6) is 0. The van der Waals surface area contributed by atoms with Gasteiger partial charge in [0.1, 0.15) is 0 Å². The van der Waals surface area contributed by atoms with Gasteiger partial charge in [0.15, 0.2) is 0 Å². The number of hydrogen-bond donors (Lipinski definition) is 3. The molecule has 0 aliphatic heterocycles. The minimum absolute atomic E-state index is 0. The number of halogens is 1. The molecule has 3 nitrogen and oxygen atoms in total. The molecule has 0 heterocycles. The van der Waals surface area contributed by atoms with Crippen molar-refractivity contribution in [3.8, 4) is 0 Å². The van der Waals surface area contributed by atoms with Crippen molar-refractivity contribution >= 4 is 19.0 Å². The Balaban J connectivity index is 0. The van der Waals surface area contributed by atoms with Crippen LogP contribution in [0.4, 0.5) is 0 Å². The predicted octanol–water partition coefficient (Wildman–Crippen LogP) is 5.53. The van der Waals surface area contributed by atoms with E-state index in [2.05, 4.69) is 13.8 Å². The summed E-state index contributed by atoms with van der Waals surface area (Å²) in [5, 5.41) is 30.1. The third-order valence-corrected chi connectivity index (χ3v) is 11.1. The van der Waals surface area contributed by atoms with Gasteiger partial charge in [0, 0.05) is 0 Å². The Kier molecular flexibility index (Phi) is 17.7. The number of unbranched alkanes of at least 4 members (excludes halogenated alkanes) is 10. The first-order valence-electron chi connectivity index (χ1n) is 9.94. The SMILES string of the molecule is CCCCCCCCCCP(CO)(CO)(CO)CCCCCC.Cl. The van der Waals surface area contributed by atoms with Crippen molar-refractivity contribution in [1.82, 2.24) is 0 Å². The van der Waals surface area contributed by atoms with Gasteiger partial charge in [-0.25, -0.2) is 0 Å². The Labute approximate surface area is 157 Å². The van der Waals surface area contributed by atoms with Crippen molar-refractivity contribution in [3.05, 3.63) is 0 Å². The molecule has 150 valence electrons. The van der Waals surface area contributed by atoms with Crippen LogP contribution >= 0.6 is 19.0 Å². The van der Waals surface area contributed by atoms with Crippen LogP contribution in [0.2, 0.25) is 0 Å². The Morgan fingerprint density at radius 1 is 0.500 bits per heavy atom. The standard InChI is InChI=1S/C19H43O3P.ClH/c1-3-5-7-9-10-11-12-14-16-23(17-20,18-21,19-22)15-13-8-6-4-2;/h20-22H,3-19H2,1-2H3;1H. The first-order valence-corrected chi connectivity index (χ1v) is 13.1. The molecule has 0 rings (SSSR count). The van der Waals surface area contributed by atoms with Gasteiger partial charge >= 0.3 is 144 Å². The third kappa shape index (κ3) is 9.92. The van der Waals surface area contributed by atoms with Crippen molar-refractivity contribution in [3.63, 3.8) is 0 Å².